The third-order valence-corrected chi connectivity index (χ3v) is 7.15. The van der Waals surface area contributed by atoms with E-state index in [0.29, 0.717) is 24.9 Å². The average molecular weight is 397 g/mol. The molecule has 1 heterocycles. The Hall–Kier alpha value is -2.00. The Kier molecular flexibility index (Phi) is 6.94. The highest BCUT2D eigenvalue weighted by molar-refractivity contribution is 7.89. The quantitative estimate of drug-likeness (QED) is 0.432. The summed E-state index contributed by atoms with van der Waals surface area (Å²) in [5, 5.41) is 14.2. The fraction of sp³-hybridized carbons (Fsp3) is 0.611. The first-order chi connectivity index (χ1) is 12.7. The molecule has 1 fully saturated rings. The van der Waals surface area contributed by atoms with E-state index in [0.717, 1.165) is 12.8 Å². The molecule has 0 aliphatic carbocycles. The van der Waals surface area contributed by atoms with Crippen molar-refractivity contribution < 1.29 is 18.1 Å². The summed E-state index contributed by atoms with van der Waals surface area (Å²) in [7, 11) is -4.10. The third-order valence-electron chi connectivity index (χ3n) is 4.98. The van der Waals surface area contributed by atoms with Gasteiger partial charge in [0.15, 0.2) is 4.90 Å². The van der Waals surface area contributed by atoms with Crippen molar-refractivity contribution in [2.75, 3.05) is 13.1 Å². The van der Waals surface area contributed by atoms with Crippen molar-refractivity contribution in [2.24, 2.45) is 5.92 Å². The molecule has 2 rings (SSSR count). The van der Waals surface area contributed by atoms with Crippen LogP contribution in [-0.4, -0.2) is 42.7 Å². The summed E-state index contributed by atoms with van der Waals surface area (Å²) in [6.45, 7) is 5.94. The lowest BCUT2D eigenvalue weighted by atomic mass is 9.94. The number of carbonyl (C=O) groups excluding carboxylic acids is 1. The van der Waals surface area contributed by atoms with E-state index in [9.17, 15) is 23.3 Å². The molecule has 8 nitrogen and oxygen atoms in total. The molecule has 1 saturated heterocycles. The fourth-order valence-corrected chi connectivity index (χ4v) is 5.46. The molecule has 0 radical (unpaired) electrons. The number of piperidine rings is 1. The van der Waals surface area contributed by atoms with Crippen LogP contribution in [0.4, 0.5) is 5.69 Å². The van der Waals surface area contributed by atoms with E-state index in [2.05, 4.69) is 5.32 Å². The molecule has 1 N–H and O–H groups in total. The Balaban J connectivity index is 2.32. The van der Waals surface area contributed by atoms with Gasteiger partial charge in [-0.2, -0.15) is 4.31 Å². The minimum atomic E-state index is -4.10. The average Bonchev–Trinajstić information content (AvgIpc) is 2.61. The predicted octanol–water partition coefficient (Wildman–Crippen LogP) is 2.61. The van der Waals surface area contributed by atoms with Crippen molar-refractivity contribution in [3.8, 4) is 0 Å². The lowest BCUT2D eigenvalue weighted by Gasteiger charge is -2.36. The SMILES string of the molecule is CCCCNC(=O)C1CCC(C)N(S(=O)(=O)c2c(C)cccc2[N+](=O)[O-])C1. The van der Waals surface area contributed by atoms with Crippen molar-refractivity contribution in [3.05, 3.63) is 33.9 Å². The monoisotopic (exact) mass is 397 g/mol. The smallest absolute Gasteiger partial charge is 0.289 e. The molecule has 0 bridgehead atoms. The maximum Gasteiger partial charge on any atom is 0.289 e. The van der Waals surface area contributed by atoms with Gasteiger partial charge in [0.2, 0.25) is 15.9 Å². The van der Waals surface area contributed by atoms with Crippen molar-refractivity contribution in [3.63, 3.8) is 0 Å². The summed E-state index contributed by atoms with van der Waals surface area (Å²) in [6, 6.07) is 3.89. The Bertz CT molecular complexity index is 809. The number of aryl methyl sites for hydroxylation is 1. The molecular weight excluding hydrogens is 370 g/mol. The molecule has 1 amide bonds. The number of carbonyl (C=O) groups is 1. The zero-order valence-electron chi connectivity index (χ0n) is 16.0. The second-order valence-corrected chi connectivity index (χ2v) is 8.85. The van der Waals surface area contributed by atoms with E-state index in [1.54, 1.807) is 19.9 Å². The Labute approximate surface area is 160 Å². The van der Waals surface area contributed by atoms with Crippen molar-refractivity contribution in [1.82, 2.24) is 9.62 Å². The topological polar surface area (TPSA) is 110 Å². The Morgan fingerprint density at radius 2 is 2.07 bits per heavy atom. The van der Waals surface area contributed by atoms with E-state index >= 15 is 0 Å². The van der Waals surface area contributed by atoms with Crippen molar-refractivity contribution >= 4 is 21.6 Å². The minimum absolute atomic E-state index is 0.0347. The largest absolute Gasteiger partial charge is 0.356 e. The molecule has 0 saturated carbocycles. The normalized spacial score (nSPS) is 21.0. The molecule has 27 heavy (non-hydrogen) atoms. The standard InChI is InChI=1S/C18H27N3O5S/c1-4-5-11-19-18(22)15-10-9-14(3)20(12-15)27(25,26)17-13(2)7-6-8-16(17)21(23)24/h6-8,14-15H,4-5,9-12H2,1-3H3,(H,19,22). The minimum Gasteiger partial charge on any atom is -0.356 e. The van der Waals surface area contributed by atoms with Crippen LogP contribution in [-0.2, 0) is 14.8 Å². The van der Waals surface area contributed by atoms with Crippen LogP contribution < -0.4 is 5.32 Å². The van der Waals surface area contributed by atoms with Crippen LogP contribution in [0, 0.1) is 23.0 Å². The highest BCUT2D eigenvalue weighted by Gasteiger charge is 2.40. The van der Waals surface area contributed by atoms with Crippen LogP contribution in [0.3, 0.4) is 0 Å². The number of rotatable bonds is 7. The maximum absolute atomic E-state index is 13.3. The number of sulfonamides is 1. The summed E-state index contributed by atoms with van der Waals surface area (Å²) in [5.74, 6) is -0.606. The Morgan fingerprint density at radius 3 is 2.70 bits per heavy atom. The maximum atomic E-state index is 13.3. The number of nitro benzene ring substituents is 1. The van der Waals surface area contributed by atoms with Gasteiger partial charge in [-0.05, 0) is 38.7 Å². The highest BCUT2D eigenvalue weighted by Crippen LogP contribution is 2.34. The second-order valence-electron chi connectivity index (χ2n) is 7.02. The first kappa shape index (κ1) is 21.3. The molecule has 1 aliphatic heterocycles. The molecule has 1 aromatic carbocycles. The van der Waals surface area contributed by atoms with Crippen LogP contribution in [0.25, 0.3) is 0 Å². The molecule has 150 valence electrons. The predicted molar refractivity (Wildman–Crippen MR) is 102 cm³/mol. The van der Waals surface area contributed by atoms with Gasteiger partial charge in [-0.1, -0.05) is 25.5 Å². The number of hydrogen-bond acceptors (Lipinski definition) is 5. The first-order valence-electron chi connectivity index (χ1n) is 9.23. The number of hydrogen-bond donors (Lipinski definition) is 1. The van der Waals surface area contributed by atoms with Crippen LogP contribution in [0.1, 0.15) is 45.1 Å². The number of nitro groups is 1. The summed E-state index contributed by atoms with van der Waals surface area (Å²) < 4.78 is 27.8. The van der Waals surface area contributed by atoms with E-state index in [-0.39, 0.29) is 23.4 Å². The molecule has 0 spiro atoms. The van der Waals surface area contributed by atoms with E-state index in [1.165, 1.54) is 16.4 Å². The van der Waals surface area contributed by atoms with E-state index in [4.69, 9.17) is 0 Å². The van der Waals surface area contributed by atoms with E-state index in [1.807, 2.05) is 6.92 Å². The number of unbranched alkanes of at least 4 members (excludes halogenated alkanes) is 1. The highest BCUT2D eigenvalue weighted by atomic mass is 32.2. The van der Waals surface area contributed by atoms with Crippen LogP contribution >= 0.6 is 0 Å². The van der Waals surface area contributed by atoms with Gasteiger partial charge in [0.05, 0.1) is 10.8 Å². The van der Waals surface area contributed by atoms with Crippen LogP contribution in [0.15, 0.2) is 23.1 Å². The molecule has 1 aromatic rings. The molecular formula is C18H27N3O5S. The second kappa shape index (κ2) is 8.79. The lowest BCUT2D eigenvalue weighted by molar-refractivity contribution is -0.387. The molecule has 2 atom stereocenters. The van der Waals surface area contributed by atoms with Gasteiger partial charge in [-0.15, -0.1) is 0 Å². The van der Waals surface area contributed by atoms with Gasteiger partial charge in [0.25, 0.3) is 5.69 Å². The van der Waals surface area contributed by atoms with E-state index < -0.39 is 26.6 Å². The fourth-order valence-electron chi connectivity index (χ4n) is 3.39. The van der Waals surface area contributed by atoms with Gasteiger partial charge in [-0.25, -0.2) is 8.42 Å². The number of nitrogens with one attached hydrogen (secondary N) is 1. The third kappa shape index (κ3) is 4.65. The molecule has 0 aromatic heterocycles. The molecule has 1 aliphatic rings. The van der Waals surface area contributed by atoms with Gasteiger partial charge in [0, 0.05) is 25.2 Å². The van der Waals surface area contributed by atoms with Crippen LogP contribution in [0.2, 0.25) is 0 Å². The van der Waals surface area contributed by atoms with Gasteiger partial charge in [0.1, 0.15) is 0 Å². The molecule has 9 heteroatoms. The first-order valence-corrected chi connectivity index (χ1v) is 10.7. The lowest BCUT2D eigenvalue weighted by Crippen LogP contribution is -2.49. The van der Waals surface area contributed by atoms with Crippen molar-refractivity contribution in [1.29, 1.82) is 0 Å². The summed E-state index contributed by atoms with van der Waals surface area (Å²) in [4.78, 5) is 22.8. The molecule has 2 unspecified atom stereocenters. The van der Waals surface area contributed by atoms with Gasteiger partial charge in [-0.3, -0.25) is 14.9 Å². The summed E-state index contributed by atoms with van der Waals surface area (Å²) >= 11 is 0. The number of amides is 1. The Morgan fingerprint density at radius 1 is 1.37 bits per heavy atom. The number of nitrogens with zero attached hydrogens (tertiary/aromatic N) is 2. The van der Waals surface area contributed by atoms with Gasteiger partial charge < -0.3 is 5.32 Å². The summed E-state index contributed by atoms with van der Waals surface area (Å²) in [6.07, 6.45) is 2.96. The number of benzene rings is 1. The van der Waals surface area contributed by atoms with Crippen LogP contribution in [0.5, 0.6) is 0 Å². The summed E-state index contributed by atoms with van der Waals surface area (Å²) in [5.41, 5.74) is -0.109. The zero-order chi connectivity index (χ0) is 20.2. The van der Waals surface area contributed by atoms with Crippen molar-refractivity contribution in [2.45, 2.75) is 57.4 Å². The zero-order valence-corrected chi connectivity index (χ0v) is 16.8. The van der Waals surface area contributed by atoms with Gasteiger partial charge >= 0.3 is 0 Å².